The zero-order valence-corrected chi connectivity index (χ0v) is 9.70. The summed E-state index contributed by atoms with van der Waals surface area (Å²) >= 11 is 3.43. The highest BCUT2D eigenvalue weighted by Gasteiger charge is 2.23. The second kappa shape index (κ2) is 5.33. The van der Waals surface area contributed by atoms with Crippen LogP contribution in [0.25, 0.3) is 0 Å². The van der Waals surface area contributed by atoms with Crippen molar-refractivity contribution in [1.82, 2.24) is 0 Å². The van der Waals surface area contributed by atoms with Crippen molar-refractivity contribution in [3.8, 4) is 0 Å². The third-order valence-corrected chi connectivity index (χ3v) is 6.53. The molecule has 0 spiro atoms. The van der Waals surface area contributed by atoms with Gasteiger partial charge in [-0.2, -0.15) is 0 Å². The molecule has 0 aromatic heterocycles. The summed E-state index contributed by atoms with van der Waals surface area (Å²) in [7, 11) is 0.603. The molecule has 3 heteroatoms. The maximum atomic E-state index is 5.51. The molecule has 62 valence electrons. The molecular formula is C7H17BrOSi. The van der Waals surface area contributed by atoms with Crippen LogP contribution in [0.2, 0.25) is 18.6 Å². The van der Waals surface area contributed by atoms with Gasteiger partial charge in [-0.3, -0.25) is 0 Å². The minimum Gasteiger partial charge on any atom is -0.420 e. The van der Waals surface area contributed by atoms with Crippen LogP contribution in [-0.2, 0) is 4.43 Å². The first-order valence-electron chi connectivity index (χ1n) is 3.79. The fraction of sp³-hybridized carbons (Fsp3) is 1.00. The minimum atomic E-state index is -1.25. The molecule has 10 heavy (non-hydrogen) atoms. The first-order chi connectivity index (χ1) is 4.68. The number of halogens is 1. The Kier molecular flexibility index (Phi) is 5.68. The Morgan fingerprint density at radius 3 is 2.40 bits per heavy atom. The fourth-order valence-electron chi connectivity index (χ4n) is 0.864. The predicted molar refractivity (Wildman–Crippen MR) is 52.3 cm³/mol. The van der Waals surface area contributed by atoms with Gasteiger partial charge in [0, 0.05) is 12.4 Å². The summed E-state index contributed by atoms with van der Waals surface area (Å²) in [5.41, 5.74) is 0. The molecule has 0 rings (SSSR count). The van der Waals surface area contributed by atoms with E-state index in [0.29, 0.717) is 0 Å². The molecule has 0 aliphatic carbocycles. The van der Waals surface area contributed by atoms with Crippen molar-refractivity contribution < 1.29 is 4.43 Å². The number of hydrogen-bond acceptors (Lipinski definition) is 1. The van der Waals surface area contributed by atoms with E-state index >= 15 is 0 Å². The molecular weight excluding hydrogens is 208 g/mol. The molecule has 0 fully saturated rings. The van der Waals surface area contributed by atoms with Gasteiger partial charge in [-0.15, -0.1) is 0 Å². The van der Waals surface area contributed by atoms with E-state index in [1.165, 1.54) is 18.5 Å². The van der Waals surface area contributed by atoms with Crippen molar-refractivity contribution in [3.05, 3.63) is 0 Å². The minimum absolute atomic E-state index is 1.11. The van der Waals surface area contributed by atoms with E-state index in [1.54, 1.807) is 0 Å². The molecule has 0 aliphatic rings. The molecule has 0 aromatic rings. The molecule has 0 aliphatic heterocycles. The maximum Gasteiger partial charge on any atom is 0.189 e. The van der Waals surface area contributed by atoms with Crippen molar-refractivity contribution in [1.29, 1.82) is 0 Å². The van der Waals surface area contributed by atoms with E-state index in [9.17, 15) is 0 Å². The number of hydrogen-bond donors (Lipinski definition) is 0. The first-order valence-corrected chi connectivity index (χ1v) is 7.74. The van der Waals surface area contributed by atoms with Crippen LogP contribution in [0.4, 0.5) is 0 Å². The van der Waals surface area contributed by atoms with E-state index in [2.05, 4.69) is 29.4 Å². The Morgan fingerprint density at radius 2 is 2.10 bits per heavy atom. The van der Waals surface area contributed by atoms with Gasteiger partial charge in [0.2, 0.25) is 0 Å². The van der Waals surface area contributed by atoms with E-state index in [4.69, 9.17) is 4.43 Å². The van der Waals surface area contributed by atoms with Gasteiger partial charge < -0.3 is 4.43 Å². The Hall–Kier alpha value is 0.657. The van der Waals surface area contributed by atoms with Crippen LogP contribution in [0.3, 0.4) is 0 Å². The Labute approximate surface area is 73.4 Å². The van der Waals surface area contributed by atoms with Gasteiger partial charge in [0.25, 0.3) is 0 Å². The third-order valence-electron chi connectivity index (χ3n) is 2.08. The van der Waals surface area contributed by atoms with E-state index < -0.39 is 8.32 Å². The average Bonchev–Trinajstić information content (AvgIpc) is 2.00. The van der Waals surface area contributed by atoms with Crippen LogP contribution in [0.15, 0.2) is 0 Å². The van der Waals surface area contributed by atoms with Crippen LogP contribution in [0.5, 0.6) is 0 Å². The summed E-state index contributed by atoms with van der Waals surface area (Å²) in [6.45, 7) is 4.53. The quantitative estimate of drug-likeness (QED) is 0.516. The van der Waals surface area contributed by atoms with Gasteiger partial charge in [-0.05, 0) is 25.1 Å². The van der Waals surface area contributed by atoms with Crippen LogP contribution >= 0.6 is 15.9 Å². The highest BCUT2D eigenvalue weighted by molar-refractivity contribution is 9.09. The van der Waals surface area contributed by atoms with Crippen molar-refractivity contribution >= 4 is 24.2 Å². The van der Waals surface area contributed by atoms with Gasteiger partial charge in [0.05, 0.1) is 0 Å². The van der Waals surface area contributed by atoms with E-state index in [1.807, 2.05) is 7.11 Å². The lowest BCUT2D eigenvalue weighted by Gasteiger charge is -2.22. The maximum absolute atomic E-state index is 5.51. The summed E-state index contributed by atoms with van der Waals surface area (Å²) in [4.78, 5) is 0. The van der Waals surface area contributed by atoms with Gasteiger partial charge in [0.15, 0.2) is 8.32 Å². The lowest BCUT2D eigenvalue weighted by atomic mass is 10.6. The summed E-state index contributed by atoms with van der Waals surface area (Å²) in [5.74, 6) is 0. The lowest BCUT2D eigenvalue weighted by molar-refractivity contribution is 0.397. The smallest absolute Gasteiger partial charge is 0.189 e. The molecule has 0 amide bonds. The number of alkyl halides is 1. The summed E-state index contributed by atoms with van der Waals surface area (Å²) in [5, 5.41) is 1.11. The molecule has 0 heterocycles. The molecule has 1 unspecified atom stereocenters. The van der Waals surface area contributed by atoms with Crippen LogP contribution in [-0.4, -0.2) is 20.8 Å². The second-order valence-corrected chi connectivity index (χ2v) is 8.11. The number of rotatable bonds is 5. The van der Waals surface area contributed by atoms with Crippen molar-refractivity contribution in [2.45, 2.75) is 32.0 Å². The van der Waals surface area contributed by atoms with Crippen LogP contribution in [0, 0.1) is 0 Å². The van der Waals surface area contributed by atoms with Crippen LogP contribution in [0.1, 0.15) is 13.3 Å². The molecule has 0 bridgehead atoms. The standard InChI is InChI=1S/C7H17BrOSi/c1-4-10(3,9-2)7-5-6-8/h4-7H2,1-3H3. The molecule has 0 N–H and O–H groups in total. The monoisotopic (exact) mass is 224 g/mol. The Bertz CT molecular complexity index is 83.7. The first kappa shape index (κ1) is 10.7. The lowest BCUT2D eigenvalue weighted by Crippen LogP contribution is -2.31. The Balaban J connectivity index is 3.58. The van der Waals surface area contributed by atoms with Gasteiger partial charge in [-0.25, -0.2) is 0 Å². The topological polar surface area (TPSA) is 9.23 Å². The largest absolute Gasteiger partial charge is 0.420 e. The van der Waals surface area contributed by atoms with E-state index in [-0.39, 0.29) is 0 Å². The average molecular weight is 225 g/mol. The Morgan fingerprint density at radius 1 is 1.50 bits per heavy atom. The predicted octanol–water partition coefficient (Wildman–Crippen LogP) is 3.01. The summed E-state index contributed by atoms with van der Waals surface area (Å²) in [6, 6.07) is 2.52. The second-order valence-electron chi connectivity index (χ2n) is 2.80. The van der Waals surface area contributed by atoms with E-state index in [0.717, 1.165) is 5.33 Å². The fourth-order valence-corrected chi connectivity index (χ4v) is 3.43. The van der Waals surface area contributed by atoms with Crippen molar-refractivity contribution in [2.24, 2.45) is 0 Å². The van der Waals surface area contributed by atoms with Gasteiger partial charge in [0.1, 0.15) is 0 Å². The van der Waals surface area contributed by atoms with Gasteiger partial charge >= 0.3 is 0 Å². The molecule has 0 aromatic carbocycles. The molecule has 1 atom stereocenters. The summed E-state index contributed by atoms with van der Waals surface area (Å²) in [6.07, 6.45) is 1.25. The van der Waals surface area contributed by atoms with Crippen LogP contribution < -0.4 is 0 Å². The SMILES string of the molecule is CC[Si](C)(CCCBr)OC. The molecule has 1 nitrogen and oxygen atoms in total. The van der Waals surface area contributed by atoms with Crippen molar-refractivity contribution in [2.75, 3.05) is 12.4 Å². The summed E-state index contributed by atoms with van der Waals surface area (Å²) < 4.78 is 5.51. The zero-order chi connectivity index (χ0) is 8.04. The molecule has 0 saturated carbocycles. The zero-order valence-electron chi connectivity index (χ0n) is 7.11. The van der Waals surface area contributed by atoms with Gasteiger partial charge in [-0.1, -0.05) is 22.9 Å². The normalized spacial score (nSPS) is 16.8. The molecule has 0 saturated heterocycles. The molecule has 0 radical (unpaired) electrons. The highest BCUT2D eigenvalue weighted by Crippen LogP contribution is 2.17. The highest BCUT2D eigenvalue weighted by atomic mass is 79.9. The third kappa shape index (κ3) is 3.74. The van der Waals surface area contributed by atoms with Crippen molar-refractivity contribution in [3.63, 3.8) is 0 Å².